The Kier molecular flexibility index (Phi) is 5.14. The number of hydrogen-bond donors (Lipinski definition) is 2. The molecule has 1 aromatic rings. The summed E-state index contributed by atoms with van der Waals surface area (Å²) < 4.78 is 0. The van der Waals surface area contributed by atoms with Gasteiger partial charge in [0, 0.05) is 18.6 Å². The Morgan fingerprint density at radius 2 is 2.27 bits per heavy atom. The van der Waals surface area contributed by atoms with Gasteiger partial charge in [0.05, 0.1) is 11.3 Å². The number of carboxylic acid groups (broad SMARTS) is 1. The lowest BCUT2D eigenvalue weighted by Crippen LogP contribution is -1.98. The smallest absolute Gasteiger partial charge is 0.337 e. The maximum atomic E-state index is 10.5. The van der Waals surface area contributed by atoms with E-state index in [4.69, 9.17) is 10.2 Å². The second kappa shape index (κ2) is 6.42. The van der Waals surface area contributed by atoms with Gasteiger partial charge >= 0.3 is 5.97 Å². The number of aliphatic hydroxyl groups is 1. The van der Waals surface area contributed by atoms with E-state index >= 15 is 0 Å². The number of nitrogens with zero attached hydrogens (tertiary/aromatic N) is 1. The molecule has 1 aromatic heterocycles. The van der Waals surface area contributed by atoms with Crippen molar-refractivity contribution in [1.29, 1.82) is 0 Å². The first-order valence-corrected chi connectivity index (χ1v) is 5.76. The molecule has 0 amide bonds. The SMILES string of the molecule is O=C(O)c1ccc(CSCCCO)nc1. The van der Waals surface area contributed by atoms with Gasteiger partial charge in [0.25, 0.3) is 0 Å². The molecule has 0 aliphatic heterocycles. The first-order valence-electron chi connectivity index (χ1n) is 4.61. The molecule has 5 heteroatoms. The summed E-state index contributed by atoms with van der Waals surface area (Å²) in [6, 6.07) is 3.27. The predicted molar refractivity (Wildman–Crippen MR) is 59.1 cm³/mol. The summed E-state index contributed by atoms with van der Waals surface area (Å²) in [6.45, 7) is 0.207. The molecule has 0 saturated heterocycles. The lowest BCUT2D eigenvalue weighted by atomic mass is 10.2. The summed E-state index contributed by atoms with van der Waals surface area (Å²) >= 11 is 1.68. The summed E-state index contributed by atoms with van der Waals surface area (Å²) in [5.74, 6) is 0.681. The lowest BCUT2D eigenvalue weighted by molar-refractivity contribution is 0.0696. The first kappa shape index (κ1) is 12.0. The molecule has 0 unspecified atom stereocenters. The number of aromatic carboxylic acids is 1. The average molecular weight is 227 g/mol. The highest BCUT2D eigenvalue weighted by Gasteiger charge is 2.02. The van der Waals surface area contributed by atoms with E-state index < -0.39 is 5.97 Å². The van der Waals surface area contributed by atoms with Gasteiger partial charge in [-0.15, -0.1) is 0 Å². The molecule has 4 nitrogen and oxygen atoms in total. The number of hydrogen-bond acceptors (Lipinski definition) is 4. The first-order chi connectivity index (χ1) is 7.24. The third-order valence-corrected chi connectivity index (χ3v) is 2.85. The van der Waals surface area contributed by atoms with Gasteiger partial charge in [-0.05, 0) is 24.3 Å². The average Bonchev–Trinajstić information content (AvgIpc) is 2.25. The highest BCUT2D eigenvalue weighted by atomic mass is 32.2. The van der Waals surface area contributed by atoms with Crippen LogP contribution < -0.4 is 0 Å². The number of carboxylic acids is 1. The minimum atomic E-state index is -0.956. The largest absolute Gasteiger partial charge is 0.478 e. The van der Waals surface area contributed by atoms with Crippen LogP contribution in [0, 0.1) is 0 Å². The molecule has 0 saturated carbocycles. The van der Waals surface area contributed by atoms with E-state index in [0.717, 1.165) is 23.6 Å². The fourth-order valence-corrected chi connectivity index (χ4v) is 1.84. The van der Waals surface area contributed by atoms with Gasteiger partial charge in [-0.3, -0.25) is 4.98 Å². The van der Waals surface area contributed by atoms with Crippen LogP contribution >= 0.6 is 11.8 Å². The molecule has 0 aromatic carbocycles. The van der Waals surface area contributed by atoms with Crippen molar-refractivity contribution in [2.45, 2.75) is 12.2 Å². The molecule has 0 aliphatic rings. The van der Waals surface area contributed by atoms with Crippen LogP contribution in [0.2, 0.25) is 0 Å². The van der Waals surface area contributed by atoms with Crippen molar-refractivity contribution in [1.82, 2.24) is 4.98 Å². The molecule has 0 atom stereocenters. The Hall–Kier alpha value is -1.07. The standard InChI is InChI=1S/C10H13NO3S/c12-4-1-5-15-7-9-3-2-8(6-11-9)10(13)14/h2-3,6,12H,1,4-5,7H2,(H,13,14). The van der Waals surface area contributed by atoms with Crippen molar-refractivity contribution in [2.75, 3.05) is 12.4 Å². The quantitative estimate of drug-likeness (QED) is 0.719. The highest BCUT2D eigenvalue weighted by Crippen LogP contribution is 2.11. The number of rotatable bonds is 6. The van der Waals surface area contributed by atoms with Crippen molar-refractivity contribution >= 4 is 17.7 Å². The molecule has 0 spiro atoms. The van der Waals surface area contributed by atoms with Crippen LogP contribution in [0.25, 0.3) is 0 Å². The van der Waals surface area contributed by atoms with Gasteiger partial charge in [0.1, 0.15) is 0 Å². The zero-order valence-corrected chi connectivity index (χ0v) is 9.04. The molecule has 0 radical (unpaired) electrons. The molecule has 0 bridgehead atoms. The van der Waals surface area contributed by atoms with Crippen LogP contribution in [0.1, 0.15) is 22.5 Å². The molecule has 0 fully saturated rings. The molecule has 0 aliphatic carbocycles. The van der Waals surface area contributed by atoms with Crippen molar-refractivity contribution in [3.63, 3.8) is 0 Å². The molecule has 15 heavy (non-hydrogen) atoms. The van der Waals surface area contributed by atoms with Gasteiger partial charge in [-0.2, -0.15) is 11.8 Å². The third-order valence-electron chi connectivity index (χ3n) is 1.77. The predicted octanol–water partition coefficient (Wildman–Crippen LogP) is 1.40. The Labute approximate surface area is 92.3 Å². The molecular formula is C10H13NO3S. The maximum Gasteiger partial charge on any atom is 0.337 e. The van der Waals surface area contributed by atoms with Crippen molar-refractivity contribution in [2.24, 2.45) is 0 Å². The van der Waals surface area contributed by atoms with E-state index in [1.165, 1.54) is 6.20 Å². The van der Waals surface area contributed by atoms with E-state index in [9.17, 15) is 4.79 Å². The van der Waals surface area contributed by atoms with Crippen LogP contribution in [0.3, 0.4) is 0 Å². The summed E-state index contributed by atoms with van der Waals surface area (Å²) in [6.07, 6.45) is 2.14. The minimum Gasteiger partial charge on any atom is -0.478 e. The zero-order chi connectivity index (χ0) is 11.1. The van der Waals surface area contributed by atoms with E-state index in [-0.39, 0.29) is 12.2 Å². The van der Waals surface area contributed by atoms with Crippen LogP contribution in [0.15, 0.2) is 18.3 Å². The van der Waals surface area contributed by atoms with Gasteiger partial charge in [0.2, 0.25) is 0 Å². The van der Waals surface area contributed by atoms with E-state index in [1.807, 2.05) is 0 Å². The van der Waals surface area contributed by atoms with Gasteiger partial charge in [-0.25, -0.2) is 4.79 Å². The van der Waals surface area contributed by atoms with Crippen LogP contribution in [-0.2, 0) is 5.75 Å². The molecule has 1 rings (SSSR count). The summed E-state index contributed by atoms with van der Waals surface area (Å²) in [7, 11) is 0. The van der Waals surface area contributed by atoms with Crippen molar-refractivity contribution in [3.05, 3.63) is 29.6 Å². The Morgan fingerprint density at radius 1 is 1.47 bits per heavy atom. The monoisotopic (exact) mass is 227 g/mol. The number of thioether (sulfide) groups is 1. The number of aliphatic hydroxyl groups excluding tert-OH is 1. The van der Waals surface area contributed by atoms with Gasteiger partial charge < -0.3 is 10.2 Å². The second-order valence-electron chi connectivity index (χ2n) is 2.97. The lowest BCUT2D eigenvalue weighted by Gasteiger charge is -2.00. The number of pyridine rings is 1. The Bertz CT molecular complexity index is 313. The summed E-state index contributed by atoms with van der Waals surface area (Å²) in [5, 5.41) is 17.2. The van der Waals surface area contributed by atoms with Gasteiger partial charge in [-0.1, -0.05) is 0 Å². The number of carbonyl (C=O) groups is 1. The van der Waals surface area contributed by atoms with Crippen molar-refractivity contribution < 1.29 is 15.0 Å². The summed E-state index contributed by atoms with van der Waals surface area (Å²) in [4.78, 5) is 14.6. The molecule has 1 heterocycles. The fourth-order valence-electron chi connectivity index (χ4n) is 0.980. The highest BCUT2D eigenvalue weighted by molar-refractivity contribution is 7.98. The molecule has 82 valence electrons. The fraction of sp³-hybridized carbons (Fsp3) is 0.400. The molecular weight excluding hydrogens is 214 g/mol. The summed E-state index contributed by atoms with van der Waals surface area (Å²) in [5.41, 5.74) is 1.07. The second-order valence-corrected chi connectivity index (χ2v) is 4.08. The van der Waals surface area contributed by atoms with Crippen LogP contribution in [0.4, 0.5) is 0 Å². The number of aromatic nitrogens is 1. The van der Waals surface area contributed by atoms with Crippen molar-refractivity contribution in [3.8, 4) is 0 Å². The van der Waals surface area contributed by atoms with Crippen LogP contribution in [-0.4, -0.2) is 33.5 Å². The van der Waals surface area contributed by atoms with E-state index in [0.29, 0.717) is 0 Å². The Balaban J connectivity index is 2.39. The minimum absolute atomic E-state index is 0.207. The van der Waals surface area contributed by atoms with E-state index in [2.05, 4.69) is 4.98 Å². The van der Waals surface area contributed by atoms with Gasteiger partial charge in [0.15, 0.2) is 0 Å². The Morgan fingerprint density at radius 3 is 2.80 bits per heavy atom. The third kappa shape index (κ3) is 4.31. The zero-order valence-electron chi connectivity index (χ0n) is 8.22. The topological polar surface area (TPSA) is 70.4 Å². The normalized spacial score (nSPS) is 10.2. The maximum absolute atomic E-state index is 10.5. The van der Waals surface area contributed by atoms with E-state index in [1.54, 1.807) is 23.9 Å². The molecule has 2 N–H and O–H groups in total. The van der Waals surface area contributed by atoms with Crippen LogP contribution in [0.5, 0.6) is 0 Å².